The van der Waals surface area contributed by atoms with Crippen LogP contribution in [0.2, 0.25) is 0 Å². The molecule has 0 radical (unpaired) electrons. The summed E-state index contributed by atoms with van der Waals surface area (Å²) in [5, 5.41) is 0. The SMILES string of the molecule is NC(=O)OCCC1CCCO1. The average Bonchev–Trinajstić information content (AvgIpc) is 2.39. The maximum atomic E-state index is 10.1. The first-order valence-electron chi connectivity index (χ1n) is 3.83. The highest BCUT2D eigenvalue weighted by atomic mass is 16.5. The number of nitrogens with two attached hydrogens (primary N) is 1. The van der Waals surface area contributed by atoms with Crippen molar-refractivity contribution in [3.05, 3.63) is 0 Å². The molecule has 4 nitrogen and oxygen atoms in total. The Labute approximate surface area is 65.7 Å². The zero-order valence-corrected chi connectivity index (χ0v) is 6.41. The van der Waals surface area contributed by atoms with Crippen LogP contribution >= 0.6 is 0 Å². The molecule has 1 aliphatic heterocycles. The number of rotatable bonds is 3. The zero-order valence-electron chi connectivity index (χ0n) is 6.41. The van der Waals surface area contributed by atoms with Gasteiger partial charge in [0.1, 0.15) is 0 Å². The predicted molar refractivity (Wildman–Crippen MR) is 39.1 cm³/mol. The van der Waals surface area contributed by atoms with E-state index in [2.05, 4.69) is 4.74 Å². The standard InChI is InChI=1S/C7H13NO3/c8-7(9)11-5-3-6-2-1-4-10-6/h6H,1-5H2,(H2,8,9). The van der Waals surface area contributed by atoms with Crippen molar-refractivity contribution in [3.8, 4) is 0 Å². The Morgan fingerprint density at radius 1 is 1.73 bits per heavy atom. The van der Waals surface area contributed by atoms with Gasteiger partial charge in [0.2, 0.25) is 0 Å². The Morgan fingerprint density at radius 2 is 2.55 bits per heavy atom. The minimum Gasteiger partial charge on any atom is -0.450 e. The molecule has 4 heteroatoms. The number of carbonyl (C=O) groups excluding carboxylic acids is 1. The molecule has 1 fully saturated rings. The Morgan fingerprint density at radius 3 is 3.09 bits per heavy atom. The number of primary amides is 1. The Bertz CT molecular complexity index is 132. The van der Waals surface area contributed by atoms with Crippen LogP contribution in [0.3, 0.4) is 0 Å². The van der Waals surface area contributed by atoms with E-state index in [1.54, 1.807) is 0 Å². The first kappa shape index (κ1) is 8.33. The van der Waals surface area contributed by atoms with Crippen LogP contribution in [0.1, 0.15) is 19.3 Å². The lowest BCUT2D eigenvalue weighted by atomic mass is 10.2. The van der Waals surface area contributed by atoms with Crippen LogP contribution in [-0.4, -0.2) is 25.4 Å². The second kappa shape index (κ2) is 4.18. The molecule has 0 saturated carbocycles. The molecule has 0 aromatic rings. The molecule has 0 aromatic carbocycles. The first-order valence-corrected chi connectivity index (χ1v) is 3.83. The molecule has 1 saturated heterocycles. The van der Waals surface area contributed by atoms with Crippen molar-refractivity contribution in [2.24, 2.45) is 5.73 Å². The van der Waals surface area contributed by atoms with E-state index in [1.165, 1.54) is 0 Å². The van der Waals surface area contributed by atoms with Gasteiger partial charge in [-0.2, -0.15) is 0 Å². The zero-order chi connectivity index (χ0) is 8.10. The number of amides is 1. The maximum Gasteiger partial charge on any atom is 0.404 e. The van der Waals surface area contributed by atoms with Gasteiger partial charge in [-0.05, 0) is 12.8 Å². The summed E-state index contributed by atoms with van der Waals surface area (Å²) in [7, 11) is 0. The molecule has 64 valence electrons. The number of hydrogen-bond donors (Lipinski definition) is 1. The van der Waals surface area contributed by atoms with Crippen molar-refractivity contribution in [3.63, 3.8) is 0 Å². The number of hydrogen-bond acceptors (Lipinski definition) is 3. The second-order valence-electron chi connectivity index (χ2n) is 2.59. The molecule has 1 unspecified atom stereocenters. The quantitative estimate of drug-likeness (QED) is 0.657. The molecule has 2 N–H and O–H groups in total. The van der Waals surface area contributed by atoms with Gasteiger partial charge in [0.15, 0.2) is 0 Å². The average molecular weight is 159 g/mol. The fourth-order valence-corrected chi connectivity index (χ4v) is 1.16. The smallest absolute Gasteiger partial charge is 0.404 e. The van der Waals surface area contributed by atoms with Gasteiger partial charge in [-0.1, -0.05) is 0 Å². The second-order valence-corrected chi connectivity index (χ2v) is 2.59. The molecule has 1 rings (SSSR count). The minimum atomic E-state index is -0.706. The van der Waals surface area contributed by atoms with Crippen LogP contribution in [-0.2, 0) is 9.47 Å². The fourth-order valence-electron chi connectivity index (χ4n) is 1.16. The van der Waals surface area contributed by atoms with E-state index in [1.807, 2.05) is 0 Å². The van der Waals surface area contributed by atoms with E-state index >= 15 is 0 Å². The lowest BCUT2D eigenvalue weighted by Crippen LogP contribution is -2.17. The van der Waals surface area contributed by atoms with Gasteiger partial charge in [0, 0.05) is 13.0 Å². The molecule has 11 heavy (non-hydrogen) atoms. The third-order valence-electron chi connectivity index (χ3n) is 1.71. The van der Waals surface area contributed by atoms with Gasteiger partial charge in [0.25, 0.3) is 0 Å². The summed E-state index contributed by atoms with van der Waals surface area (Å²) in [5.74, 6) is 0. The van der Waals surface area contributed by atoms with Crippen molar-refractivity contribution < 1.29 is 14.3 Å². The largest absolute Gasteiger partial charge is 0.450 e. The molecule has 1 atom stereocenters. The van der Waals surface area contributed by atoms with Gasteiger partial charge in [-0.15, -0.1) is 0 Å². The van der Waals surface area contributed by atoms with Crippen LogP contribution < -0.4 is 5.73 Å². The molecule has 1 aliphatic rings. The summed E-state index contributed by atoms with van der Waals surface area (Å²) >= 11 is 0. The third-order valence-corrected chi connectivity index (χ3v) is 1.71. The van der Waals surface area contributed by atoms with E-state index in [9.17, 15) is 4.79 Å². The van der Waals surface area contributed by atoms with E-state index in [4.69, 9.17) is 10.5 Å². The van der Waals surface area contributed by atoms with E-state index < -0.39 is 6.09 Å². The molecular weight excluding hydrogens is 146 g/mol. The van der Waals surface area contributed by atoms with Crippen molar-refractivity contribution >= 4 is 6.09 Å². The van der Waals surface area contributed by atoms with Crippen LogP contribution in [0.5, 0.6) is 0 Å². The van der Waals surface area contributed by atoms with Crippen molar-refractivity contribution in [1.82, 2.24) is 0 Å². The molecule has 1 heterocycles. The van der Waals surface area contributed by atoms with E-state index in [-0.39, 0.29) is 6.10 Å². The monoisotopic (exact) mass is 159 g/mol. The highest BCUT2D eigenvalue weighted by Crippen LogP contribution is 2.14. The molecule has 0 aliphatic carbocycles. The van der Waals surface area contributed by atoms with Crippen molar-refractivity contribution in [2.75, 3.05) is 13.2 Å². The molecular formula is C7H13NO3. The summed E-state index contributed by atoms with van der Waals surface area (Å²) in [4.78, 5) is 10.1. The normalized spacial score (nSPS) is 23.5. The number of carbonyl (C=O) groups is 1. The van der Waals surface area contributed by atoms with Crippen LogP contribution in [0.15, 0.2) is 0 Å². The van der Waals surface area contributed by atoms with Gasteiger partial charge in [-0.25, -0.2) is 4.79 Å². The van der Waals surface area contributed by atoms with Gasteiger partial charge in [-0.3, -0.25) is 0 Å². The summed E-state index contributed by atoms with van der Waals surface area (Å²) in [6.07, 6.45) is 2.52. The summed E-state index contributed by atoms with van der Waals surface area (Å²) < 4.78 is 9.87. The first-order chi connectivity index (χ1) is 5.29. The predicted octanol–water partition coefficient (Wildman–Crippen LogP) is 0.651. The Balaban J connectivity index is 1.98. The van der Waals surface area contributed by atoms with Gasteiger partial charge < -0.3 is 15.2 Å². The Hall–Kier alpha value is -0.770. The van der Waals surface area contributed by atoms with Crippen molar-refractivity contribution in [2.45, 2.75) is 25.4 Å². The highest BCUT2D eigenvalue weighted by Gasteiger charge is 2.15. The number of ether oxygens (including phenoxy) is 2. The Kier molecular flexibility index (Phi) is 3.16. The summed E-state index contributed by atoms with van der Waals surface area (Å²) in [6.45, 7) is 1.21. The fraction of sp³-hybridized carbons (Fsp3) is 0.857. The molecule has 0 spiro atoms. The lowest BCUT2D eigenvalue weighted by molar-refractivity contribution is 0.0788. The third kappa shape index (κ3) is 3.23. The minimum absolute atomic E-state index is 0.273. The lowest BCUT2D eigenvalue weighted by Gasteiger charge is -2.07. The molecule has 1 amide bonds. The summed E-state index contributed by atoms with van der Waals surface area (Å²) in [5.41, 5.74) is 4.78. The van der Waals surface area contributed by atoms with Crippen LogP contribution in [0.25, 0.3) is 0 Å². The van der Waals surface area contributed by atoms with Crippen LogP contribution in [0.4, 0.5) is 4.79 Å². The van der Waals surface area contributed by atoms with Crippen molar-refractivity contribution in [1.29, 1.82) is 0 Å². The topological polar surface area (TPSA) is 61.6 Å². The molecule has 0 bridgehead atoms. The summed E-state index contributed by atoms with van der Waals surface area (Å²) in [6, 6.07) is 0. The van der Waals surface area contributed by atoms with E-state index in [0.717, 1.165) is 25.9 Å². The molecule has 0 aromatic heterocycles. The van der Waals surface area contributed by atoms with Gasteiger partial charge >= 0.3 is 6.09 Å². The van der Waals surface area contributed by atoms with Crippen LogP contribution in [0, 0.1) is 0 Å². The van der Waals surface area contributed by atoms with E-state index in [0.29, 0.717) is 6.61 Å². The van der Waals surface area contributed by atoms with Gasteiger partial charge in [0.05, 0.1) is 12.7 Å². The maximum absolute atomic E-state index is 10.1. The highest BCUT2D eigenvalue weighted by molar-refractivity contribution is 5.64.